The SMILES string of the molecule is COc1ccc(N)c(CNc2nc(NCC(C)(C)O)nc3c2ncn3C2CC2)c1. The van der Waals surface area contributed by atoms with Crippen molar-refractivity contribution < 1.29 is 9.84 Å². The van der Waals surface area contributed by atoms with Gasteiger partial charge in [-0.2, -0.15) is 9.97 Å². The maximum Gasteiger partial charge on any atom is 0.226 e. The third-order valence-corrected chi connectivity index (χ3v) is 4.84. The minimum atomic E-state index is -0.877. The van der Waals surface area contributed by atoms with E-state index in [1.54, 1.807) is 21.0 Å². The van der Waals surface area contributed by atoms with Gasteiger partial charge in [0.25, 0.3) is 0 Å². The number of nitrogens with one attached hydrogen (secondary N) is 2. The van der Waals surface area contributed by atoms with Crippen LogP contribution in [0.1, 0.15) is 38.3 Å². The molecule has 154 valence electrons. The molecule has 5 N–H and O–H groups in total. The number of nitrogens with zero attached hydrogens (tertiary/aromatic N) is 4. The molecule has 1 aliphatic rings. The van der Waals surface area contributed by atoms with Crippen molar-refractivity contribution in [1.29, 1.82) is 0 Å². The van der Waals surface area contributed by atoms with Gasteiger partial charge in [-0.3, -0.25) is 0 Å². The molecule has 1 fully saturated rings. The van der Waals surface area contributed by atoms with Crippen LogP contribution in [-0.4, -0.2) is 43.9 Å². The van der Waals surface area contributed by atoms with Crippen molar-refractivity contribution in [3.63, 3.8) is 0 Å². The van der Waals surface area contributed by atoms with Crippen LogP contribution in [0.3, 0.4) is 0 Å². The molecule has 4 rings (SSSR count). The lowest BCUT2D eigenvalue weighted by molar-refractivity contribution is 0.0943. The molecule has 0 radical (unpaired) electrons. The topological polar surface area (TPSA) is 123 Å². The molecule has 1 aromatic carbocycles. The van der Waals surface area contributed by atoms with Crippen LogP contribution in [0.2, 0.25) is 0 Å². The Morgan fingerprint density at radius 2 is 2.07 bits per heavy atom. The van der Waals surface area contributed by atoms with Gasteiger partial charge in [0.05, 0.1) is 19.0 Å². The Morgan fingerprint density at radius 1 is 1.28 bits per heavy atom. The van der Waals surface area contributed by atoms with E-state index in [0.717, 1.165) is 29.8 Å². The number of anilines is 3. The molecule has 0 atom stereocenters. The lowest BCUT2D eigenvalue weighted by atomic mass is 10.1. The van der Waals surface area contributed by atoms with Gasteiger partial charge < -0.3 is 30.8 Å². The molecule has 0 bridgehead atoms. The molecule has 2 heterocycles. The van der Waals surface area contributed by atoms with E-state index in [1.807, 2.05) is 24.5 Å². The summed E-state index contributed by atoms with van der Waals surface area (Å²) in [6, 6.07) is 6.00. The van der Waals surface area contributed by atoms with Crippen molar-refractivity contribution in [3.8, 4) is 5.75 Å². The smallest absolute Gasteiger partial charge is 0.226 e. The van der Waals surface area contributed by atoms with Gasteiger partial charge in [-0.1, -0.05) is 0 Å². The van der Waals surface area contributed by atoms with Crippen LogP contribution in [0.15, 0.2) is 24.5 Å². The molecule has 3 aromatic rings. The van der Waals surface area contributed by atoms with Gasteiger partial charge in [0, 0.05) is 24.8 Å². The number of imidazole rings is 1. The third kappa shape index (κ3) is 4.34. The Bertz CT molecular complexity index is 1020. The van der Waals surface area contributed by atoms with Crippen molar-refractivity contribution in [3.05, 3.63) is 30.1 Å². The first-order valence-electron chi connectivity index (χ1n) is 9.71. The Hall–Kier alpha value is -3.07. The zero-order chi connectivity index (χ0) is 20.6. The van der Waals surface area contributed by atoms with E-state index in [4.69, 9.17) is 10.5 Å². The lowest BCUT2D eigenvalue weighted by Crippen LogP contribution is -2.30. The number of hydrogen-bond acceptors (Lipinski definition) is 8. The second-order valence-corrected chi connectivity index (χ2v) is 8.04. The summed E-state index contributed by atoms with van der Waals surface area (Å²) in [4.78, 5) is 13.8. The maximum absolute atomic E-state index is 10.0. The Morgan fingerprint density at radius 3 is 2.76 bits per heavy atom. The highest BCUT2D eigenvalue weighted by atomic mass is 16.5. The average molecular weight is 397 g/mol. The van der Waals surface area contributed by atoms with Crippen molar-refractivity contribution in [1.82, 2.24) is 19.5 Å². The van der Waals surface area contributed by atoms with Gasteiger partial charge in [0.1, 0.15) is 5.75 Å². The van der Waals surface area contributed by atoms with Gasteiger partial charge in [-0.15, -0.1) is 0 Å². The fourth-order valence-corrected chi connectivity index (χ4v) is 3.08. The number of fused-ring (bicyclic) bond motifs is 1. The fraction of sp³-hybridized carbons (Fsp3) is 0.450. The van der Waals surface area contributed by atoms with E-state index in [9.17, 15) is 5.11 Å². The number of ether oxygens (including phenoxy) is 1. The van der Waals surface area contributed by atoms with Gasteiger partial charge >= 0.3 is 0 Å². The molecule has 0 saturated heterocycles. The number of nitrogens with two attached hydrogens (primary N) is 1. The molecular formula is C20H27N7O2. The molecule has 1 aliphatic carbocycles. The first-order chi connectivity index (χ1) is 13.8. The van der Waals surface area contributed by atoms with Gasteiger partial charge in [0.2, 0.25) is 5.95 Å². The van der Waals surface area contributed by atoms with Gasteiger partial charge in [-0.25, -0.2) is 4.98 Å². The molecule has 0 aliphatic heterocycles. The Kier molecular flexibility index (Phi) is 4.91. The monoisotopic (exact) mass is 397 g/mol. The molecule has 0 amide bonds. The molecule has 29 heavy (non-hydrogen) atoms. The molecule has 2 aromatic heterocycles. The summed E-state index contributed by atoms with van der Waals surface area (Å²) in [5, 5.41) is 16.5. The van der Waals surface area contributed by atoms with E-state index >= 15 is 0 Å². The fourth-order valence-electron chi connectivity index (χ4n) is 3.08. The maximum atomic E-state index is 10.0. The summed E-state index contributed by atoms with van der Waals surface area (Å²) >= 11 is 0. The van der Waals surface area contributed by atoms with Crippen LogP contribution < -0.4 is 21.1 Å². The quantitative estimate of drug-likeness (QED) is 0.428. The average Bonchev–Trinajstić information content (AvgIpc) is 3.44. The summed E-state index contributed by atoms with van der Waals surface area (Å²) in [5.41, 5.74) is 8.31. The number of benzene rings is 1. The highest BCUT2D eigenvalue weighted by molar-refractivity contribution is 5.84. The van der Waals surface area contributed by atoms with E-state index in [2.05, 4.69) is 30.2 Å². The summed E-state index contributed by atoms with van der Waals surface area (Å²) in [6.07, 6.45) is 4.08. The number of methoxy groups -OCH3 is 1. The second kappa shape index (κ2) is 7.40. The second-order valence-electron chi connectivity index (χ2n) is 8.04. The minimum absolute atomic E-state index is 0.332. The lowest BCUT2D eigenvalue weighted by Gasteiger charge is -2.18. The van der Waals surface area contributed by atoms with Crippen LogP contribution in [0.5, 0.6) is 5.75 Å². The number of aromatic nitrogens is 4. The molecule has 9 heteroatoms. The molecule has 1 saturated carbocycles. The van der Waals surface area contributed by atoms with Crippen LogP contribution >= 0.6 is 0 Å². The predicted molar refractivity (Wildman–Crippen MR) is 113 cm³/mol. The number of aliphatic hydroxyl groups is 1. The van der Waals surface area contributed by atoms with Crippen molar-refractivity contribution in [2.45, 2.75) is 44.9 Å². The first-order valence-corrected chi connectivity index (χ1v) is 9.71. The largest absolute Gasteiger partial charge is 0.497 e. The zero-order valence-corrected chi connectivity index (χ0v) is 16.9. The van der Waals surface area contributed by atoms with Crippen molar-refractivity contribution >= 4 is 28.6 Å². The van der Waals surface area contributed by atoms with Crippen molar-refractivity contribution in [2.24, 2.45) is 0 Å². The third-order valence-electron chi connectivity index (χ3n) is 4.84. The number of hydrogen-bond donors (Lipinski definition) is 4. The highest BCUT2D eigenvalue weighted by Gasteiger charge is 2.27. The van der Waals surface area contributed by atoms with Crippen LogP contribution in [0.25, 0.3) is 11.2 Å². The summed E-state index contributed by atoms with van der Waals surface area (Å²) < 4.78 is 7.39. The Balaban J connectivity index is 1.65. The Labute approximate surface area is 169 Å². The number of nitrogen functional groups attached to an aromatic ring is 1. The van der Waals surface area contributed by atoms with Crippen LogP contribution in [0, 0.1) is 0 Å². The molecule has 0 unspecified atom stereocenters. The summed E-state index contributed by atoms with van der Waals surface area (Å²) in [7, 11) is 1.63. The standard InChI is InChI=1S/C20H27N7O2/c1-20(2,28)10-23-19-25-17(16-18(26-19)27(11-24-16)13-4-5-13)22-9-12-8-14(29-3)6-7-15(12)21/h6-8,11,13,28H,4-5,9-10,21H2,1-3H3,(H2,22,23,25,26). The minimum Gasteiger partial charge on any atom is -0.497 e. The van der Waals surface area contributed by atoms with E-state index < -0.39 is 5.60 Å². The molecule has 0 spiro atoms. The van der Waals surface area contributed by atoms with Crippen molar-refractivity contribution in [2.75, 3.05) is 30.0 Å². The van der Waals surface area contributed by atoms with E-state index in [1.165, 1.54) is 0 Å². The first kappa shape index (κ1) is 19.3. The molecule has 9 nitrogen and oxygen atoms in total. The van der Waals surface area contributed by atoms with E-state index in [-0.39, 0.29) is 0 Å². The van der Waals surface area contributed by atoms with E-state index in [0.29, 0.717) is 42.1 Å². The summed E-state index contributed by atoms with van der Waals surface area (Å²) in [5.74, 6) is 1.81. The van der Waals surface area contributed by atoms with Gasteiger partial charge in [-0.05, 0) is 50.5 Å². The van der Waals surface area contributed by atoms with Crippen LogP contribution in [0.4, 0.5) is 17.5 Å². The van der Waals surface area contributed by atoms with Gasteiger partial charge in [0.15, 0.2) is 17.0 Å². The normalized spacial score (nSPS) is 14.2. The number of rotatable bonds is 8. The molecular weight excluding hydrogens is 370 g/mol. The summed E-state index contributed by atoms with van der Waals surface area (Å²) in [6.45, 7) is 4.27. The highest BCUT2D eigenvalue weighted by Crippen LogP contribution is 2.37. The van der Waals surface area contributed by atoms with Crippen LogP contribution in [-0.2, 0) is 6.54 Å². The predicted octanol–water partition coefficient (Wildman–Crippen LogP) is 2.55. The zero-order valence-electron chi connectivity index (χ0n) is 16.9.